The minimum absolute atomic E-state index is 0.0434. The van der Waals surface area contributed by atoms with Crippen LogP contribution in [0.15, 0.2) is 48.5 Å². The molecule has 82 valence electrons. The normalized spacial score (nSPS) is 10.1. The third-order valence-electron chi connectivity index (χ3n) is 2.31. The highest BCUT2D eigenvalue weighted by atomic mass is 16.8. The lowest BCUT2D eigenvalue weighted by molar-refractivity contribution is 0.0295. The summed E-state index contributed by atoms with van der Waals surface area (Å²) >= 11 is 0. The molecule has 0 saturated carbocycles. The minimum Gasteiger partial charge on any atom is -0.507 e. The van der Waals surface area contributed by atoms with Gasteiger partial charge in [-0.2, -0.15) is 0 Å². The van der Waals surface area contributed by atoms with Crippen LogP contribution in [-0.4, -0.2) is 15.5 Å². The van der Waals surface area contributed by atoms with E-state index in [1.54, 1.807) is 48.5 Å². The van der Waals surface area contributed by atoms with E-state index in [2.05, 4.69) is 0 Å². The van der Waals surface area contributed by atoms with E-state index in [4.69, 9.17) is 10.4 Å². The number of phenols is 1. The Labute approximate surface area is 92.5 Å². The first-order valence-electron chi connectivity index (χ1n) is 4.75. The molecular weight excluding hydrogens is 206 g/mol. The van der Waals surface area contributed by atoms with E-state index in [-0.39, 0.29) is 16.7 Å². The first kappa shape index (κ1) is 10.5. The minimum atomic E-state index is 0.0434. The number of phenolic OH excluding ortho intramolecular Hbond substituents is 1. The van der Waals surface area contributed by atoms with Gasteiger partial charge in [0.15, 0.2) is 0 Å². The molecule has 0 spiro atoms. The summed E-state index contributed by atoms with van der Waals surface area (Å²) in [5.41, 5.74) is 1.31. The zero-order valence-corrected chi connectivity index (χ0v) is 8.41. The predicted octanol–water partition coefficient (Wildman–Crippen LogP) is 2.64. The Morgan fingerprint density at radius 2 is 1.31 bits per heavy atom. The number of hydrogen-bond acceptors (Lipinski definition) is 4. The average Bonchev–Trinajstić information content (AvgIpc) is 2.29. The van der Waals surface area contributed by atoms with Crippen molar-refractivity contribution in [3.05, 3.63) is 48.5 Å². The molecule has 0 aliphatic heterocycles. The molecule has 0 aromatic heterocycles. The van der Waals surface area contributed by atoms with E-state index in [0.717, 1.165) is 0 Å². The Balaban J connectivity index is 2.60. The fraction of sp³-hybridized carbons (Fsp3) is 0. The molecule has 3 N–H and O–H groups in total. The number of nitrogens with zero attached hydrogens (tertiary/aromatic N) is 1. The number of rotatable bonds is 2. The van der Waals surface area contributed by atoms with Crippen LogP contribution >= 0.6 is 0 Å². The van der Waals surface area contributed by atoms with E-state index in [0.29, 0.717) is 11.1 Å². The van der Waals surface area contributed by atoms with Crippen molar-refractivity contribution in [1.29, 1.82) is 0 Å². The van der Waals surface area contributed by atoms with Gasteiger partial charge in [-0.25, -0.2) is 0 Å². The van der Waals surface area contributed by atoms with Gasteiger partial charge in [0, 0.05) is 11.1 Å². The van der Waals surface area contributed by atoms with Crippen LogP contribution in [0.3, 0.4) is 0 Å². The van der Waals surface area contributed by atoms with Crippen molar-refractivity contribution in [1.82, 2.24) is 0 Å². The number of benzene rings is 2. The SMILES string of the molecule is Oc1ccccc1-c1ccccc1N(O)O. The van der Waals surface area contributed by atoms with Gasteiger partial charge < -0.3 is 5.11 Å². The van der Waals surface area contributed by atoms with Gasteiger partial charge in [-0.05, 0) is 12.1 Å². The molecule has 2 rings (SSSR count). The lowest BCUT2D eigenvalue weighted by atomic mass is 10.0. The maximum Gasteiger partial charge on any atom is 0.123 e. The average molecular weight is 217 g/mol. The second-order valence-corrected chi connectivity index (χ2v) is 3.32. The largest absolute Gasteiger partial charge is 0.507 e. The predicted molar refractivity (Wildman–Crippen MR) is 59.6 cm³/mol. The zero-order chi connectivity index (χ0) is 11.5. The molecule has 2 aromatic rings. The van der Waals surface area contributed by atoms with Crippen LogP contribution in [0.2, 0.25) is 0 Å². The Hall–Kier alpha value is -2.04. The number of aromatic hydroxyl groups is 1. The van der Waals surface area contributed by atoms with E-state index in [9.17, 15) is 5.11 Å². The Kier molecular flexibility index (Phi) is 2.76. The van der Waals surface area contributed by atoms with Crippen LogP contribution in [0.5, 0.6) is 5.75 Å². The van der Waals surface area contributed by atoms with Crippen molar-refractivity contribution in [2.75, 3.05) is 5.23 Å². The summed E-state index contributed by atoms with van der Waals surface area (Å²) < 4.78 is 0. The summed E-state index contributed by atoms with van der Waals surface area (Å²) in [5.74, 6) is 0.0943. The summed E-state index contributed by atoms with van der Waals surface area (Å²) in [7, 11) is 0. The maximum absolute atomic E-state index is 9.69. The van der Waals surface area contributed by atoms with Crippen molar-refractivity contribution in [3.8, 4) is 16.9 Å². The molecule has 0 radical (unpaired) electrons. The molecule has 16 heavy (non-hydrogen) atoms. The van der Waals surface area contributed by atoms with E-state index in [1.807, 2.05) is 0 Å². The molecule has 0 saturated heterocycles. The number of hydrogen-bond donors (Lipinski definition) is 3. The van der Waals surface area contributed by atoms with E-state index < -0.39 is 0 Å². The Morgan fingerprint density at radius 3 is 1.94 bits per heavy atom. The molecule has 0 heterocycles. The van der Waals surface area contributed by atoms with Crippen molar-refractivity contribution >= 4 is 5.69 Å². The molecular formula is C12H11NO3. The van der Waals surface area contributed by atoms with Crippen LogP contribution in [0.1, 0.15) is 0 Å². The van der Waals surface area contributed by atoms with Gasteiger partial charge in [0.05, 0.1) is 0 Å². The zero-order valence-electron chi connectivity index (χ0n) is 8.41. The molecule has 0 amide bonds. The van der Waals surface area contributed by atoms with Crippen LogP contribution < -0.4 is 5.23 Å². The van der Waals surface area contributed by atoms with E-state index >= 15 is 0 Å². The lowest BCUT2D eigenvalue weighted by Gasteiger charge is -2.14. The summed E-state index contributed by atoms with van der Waals surface area (Å²) in [5, 5.41) is 27.9. The molecule has 0 unspecified atom stereocenters. The quantitative estimate of drug-likeness (QED) is 0.676. The Morgan fingerprint density at radius 1 is 0.750 bits per heavy atom. The van der Waals surface area contributed by atoms with Gasteiger partial charge in [-0.1, -0.05) is 36.4 Å². The van der Waals surface area contributed by atoms with Crippen molar-refractivity contribution in [3.63, 3.8) is 0 Å². The van der Waals surface area contributed by atoms with Crippen LogP contribution in [0.25, 0.3) is 11.1 Å². The standard InChI is InChI=1S/C12H11NO3/c14-12-8-4-2-6-10(12)9-5-1-3-7-11(9)13(15)16/h1-8,14-16H. The molecule has 4 nitrogen and oxygen atoms in total. The van der Waals surface area contributed by atoms with Gasteiger partial charge in [-0.3, -0.25) is 10.4 Å². The fourth-order valence-corrected chi connectivity index (χ4v) is 1.58. The summed E-state index contributed by atoms with van der Waals surface area (Å²) in [6, 6.07) is 13.4. The summed E-state index contributed by atoms with van der Waals surface area (Å²) in [6.45, 7) is 0. The van der Waals surface area contributed by atoms with Gasteiger partial charge in [0.25, 0.3) is 0 Å². The number of para-hydroxylation sites is 2. The molecule has 0 aliphatic carbocycles. The van der Waals surface area contributed by atoms with Crippen LogP contribution in [0, 0.1) is 0 Å². The smallest absolute Gasteiger partial charge is 0.123 e. The maximum atomic E-state index is 9.69. The molecule has 0 aliphatic rings. The summed E-state index contributed by atoms with van der Waals surface area (Å²) in [6.07, 6.45) is 0. The molecule has 4 heteroatoms. The third-order valence-corrected chi connectivity index (χ3v) is 2.31. The number of anilines is 1. The highest BCUT2D eigenvalue weighted by molar-refractivity contribution is 5.80. The van der Waals surface area contributed by atoms with Crippen LogP contribution in [-0.2, 0) is 0 Å². The van der Waals surface area contributed by atoms with Gasteiger partial charge >= 0.3 is 0 Å². The third kappa shape index (κ3) is 1.84. The lowest BCUT2D eigenvalue weighted by Crippen LogP contribution is -2.11. The second kappa shape index (κ2) is 4.22. The molecule has 0 fully saturated rings. The molecule has 2 aromatic carbocycles. The first-order chi connectivity index (χ1) is 7.70. The topological polar surface area (TPSA) is 63.9 Å². The fourth-order valence-electron chi connectivity index (χ4n) is 1.58. The highest BCUT2D eigenvalue weighted by Gasteiger charge is 2.11. The van der Waals surface area contributed by atoms with E-state index in [1.165, 1.54) is 0 Å². The molecule has 0 atom stereocenters. The summed E-state index contributed by atoms with van der Waals surface area (Å²) in [4.78, 5) is 0. The van der Waals surface area contributed by atoms with Crippen molar-refractivity contribution in [2.45, 2.75) is 0 Å². The van der Waals surface area contributed by atoms with Gasteiger partial charge in [0.1, 0.15) is 11.4 Å². The van der Waals surface area contributed by atoms with Gasteiger partial charge in [0.2, 0.25) is 0 Å². The van der Waals surface area contributed by atoms with Crippen molar-refractivity contribution in [2.24, 2.45) is 0 Å². The Bertz CT molecular complexity index is 497. The first-order valence-corrected chi connectivity index (χ1v) is 4.75. The highest BCUT2D eigenvalue weighted by Crippen LogP contribution is 2.34. The molecule has 0 bridgehead atoms. The second-order valence-electron chi connectivity index (χ2n) is 3.32. The van der Waals surface area contributed by atoms with Crippen molar-refractivity contribution < 1.29 is 15.5 Å². The van der Waals surface area contributed by atoms with Crippen LogP contribution in [0.4, 0.5) is 5.69 Å². The monoisotopic (exact) mass is 217 g/mol. The van der Waals surface area contributed by atoms with Gasteiger partial charge in [-0.15, -0.1) is 5.23 Å².